The van der Waals surface area contributed by atoms with E-state index in [1.807, 2.05) is 6.20 Å². The summed E-state index contributed by atoms with van der Waals surface area (Å²) in [4.78, 5) is 17.0. The molecule has 2 atom stereocenters. The first-order valence-electron chi connectivity index (χ1n) is 8.27. The number of nitrogens with zero attached hydrogens (tertiary/aromatic N) is 3. The normalized spacial score (nSPS) is 23.2. The van der Waals surface area contributed by atoms with E-state index in [-0.39, 0.29) is 18.1 Å². The van der Waals surface area contributed by atoms with Gasteiger partial charge in [0.1, 0.15) is 11.9 Å². The average Bonchev–Trinajstić information content (AvgIpc) is 3.30. The molecule has 0 bridgehead atoms. The summed E-state index contributed by atoms with van der Waals surface area (Å²) in [7, 11) is 0. The molecule has 1 fully saturated rings. The van der Waals surface area contributed by atoms with Crippen molar-refractivity contribution in [2.45, 2.75) is 51.3 Å². The monoisotopic (exact) mass is 315 g/mol. The Hall–Kier alpha value is -2.15. The highest BCUT2D eigenvalue weighted by Gasteiger charge is 2.35. The highest BCUT2D eigenvalue weighted by atomic mass is 16.5. The number of imidazole rings is 1. The van der Waals surface area contributed by atoms with Crippen LogP contribution in [-0.2, 0) is 24.1 Å². The molecule has 4 rings (SSSR count). The summed E-state index contributed by atoms with van der Waals surface area (Å²) in [6.07, 6.45) is 7.32. The maximum Gasteiger partial charge on any atom is 0.272 e. The summed E-state index contributed by atoms with van der Waals surface area (Å²) >= 11 is 0. The van der Waals surface area contributed by atoms with Crippen molar-refractivity contribution in [2.24, 2.45) is 0 Å². The van der Waals surface area contributed by atoms with Crippen molar-refractivity contribution in [3.05, 3.63) is 35.2 Å². The Balaban J connectivity index is 1.52. The summed E-state index contributed by atoms with van der Waals surface area (Å²) in [6, 6.07) is -0.0658. The van der Waals surface area contributed by atoms with Crippen LogP contribution in [0.5, 0.6) is 0 Å². The van der Waals surface area contributed by atoms with Gasteiger partial charge in [0.25, 0.3) is 5.91 Å². The third-order valence-electron chi connectivity index (χ3n) is 4.77. The summed E-state index contributed by atoms with van der Waals surface area (Å²) in [5.41, 5.74) is 2.73. The second-order valence-corrected chi connectivity index (χ2v) is 6.11. The smallest absolute Gasteiger partial charge is 0.272 e. The van der Waals surface area contributed by atoms with Crippen LogP contribution in [0.2, 0.25) is 0 Å². The van der Waals surface area contributed by atoms with E-state index >= 15 is 0 Å². The fourth-order valence-electron chi connectivity index (χ4n) is 3.58. The van der Waals surface area contributed by atoms with E-state index in [1.165, 1.54) is 0 Å². The number of fused-ring (bicyclic) bond motifs is 1. The number of hydrogen-bond donors (Lipinski definition) is 2. The van der Waals surface area contributed by atoms with Gasteiger partial charge in [0.05, 0.1) is 6.04 Å². The van der Waals surface area contributed by atoms with Crippen LogP contribution in [0, 0.1) is 0 Å². The molecule has 3 heterocycles. The summed E-state index contributed by atoms with van der Waals surface area (Å²) in [6.45, 7) is 3.54. The summed E-state index contributed by atoms with van der Waals surface area (Å²) < 4.78 is 7.89. The van der Waals surface area contributed by atoms with Crippen LogP contribution in [-0.4, -0.2) is 38.3 Å². The Morgan fingerprint density at radius 2 is 2.43 bits per heavy atom. The molecule has 1 saturated heterocycles. The van der Waals surface area contributed by atoms with Crippen LogP contribution in [0.25, 0.3) is 0 Å². The fourth-order valence-corrected chi connectivity index (χ4v) is 3.58. The molecule has 2 aliphatic rings. The number of aromatic nitrogens is 4. The van der Waals surface area contributed by atoms with Gasteiger partial charge in [-0.1, -0.05) is 0 Å². The first kappa shape index (κ1) is 14.4. The molecule has 122 valence electrons. The van der Waals surface area contributed by atoms with E-state index < -0.39 is 0 Å². The van der Waals surface area contributed by atoms with Crippen molar-refractivity contribution < 1.29 is 9.53 Å². The lowest BCUT2D eigenvalue weighted by Crippen LogP contribution is -2.38. The third kappa shape index (κ3) is 2.45. The van der Waals surface area contributed by atoms with E-state index in [4.69, 9.17) is 4.74 Å². The van der Waals surface area contributed by atoms with E-state index in [2.05, 4.69) is 32.0 Å². The van der Waals surface area contributed by atoms with Gasteiger partial charge in [-0.25, -0.2) is 4.98 Å². The number of hydrogen-bond acceptors (Lipinski definition) is 4. The van der Waals surface area contributed by atoms with Crippen LogP contribution in [0.1, 0.15) is 53.4 Å². The molecule has 0 aromatic carbocycles. The minimum Gasteiger partial charge on any atom is -0.368 e. The lowest BCUT2D eigenvalue weighted by molar-refractivity contribution is 0.0772. The van der Waals surface area contributed by atoms with Gasteiger partial charge in [-0.05, 0) is 32.6 Å². The van der Waals surface area contributed by atoms with Gasteiger partial charge in [-0.2, -0.15) is 5.10 Å². The van der Waals surface area contributed by atoms with E-state index in [0.29, 0.717) is 12.3 Å². The minimum atomic E-state index is -0.194. The molecule has 1 aliphatic heterocycles. The molecule has 0 unspecified atom stereocenters. The Morgan fingerprint density at radius 1 is 1.52 bits per heavy atom. The van der Waals surface area contributed by atoms with E-state index in [0.717, 1.165) is 49.3 Å². The van der Waals surface area contributed by atoms with Crippen LogP contribution in [0.4, 0.5) is 0 Å². The number of ether oxygens (including phenoxy) is 1. The zero-order valence-corrected chi connectivity index (χ0v) is 13.2. The summed E-state index contributed by atoms with van der Waals surface area (Å²) in [5.74, 6) is 0.766. The predicted molar refractivity (Wildman–Crippen MR) is 83.1 cm³/mol. The standard InChI is InChI=1S/C16H21N5O2/c1-2-21-8-7-17-15(21)14-12(6-9-23-14)18-16(22)13-10-4-3-5-11(10)19-20-13/h7-8,12,14H,2-6,9H2,1H3,(H,18,22)(H,19,20)/t12-,14-/m0/s1. The maximum atomic E-state index is 12.6. The van der Waals surface area contributed by atoms with Gasteiger partial charge in [0.2, 0.25) is 0 Å². The number of carbonyl (C=O) groups is 1. The van der Waals surface area contributed by atoms with Crippen molar-refractivity contribution in [1.29, 1.82) is 0 Å². The lowest BCUT2D eigenvalue weighted by Gasteiger charge is -2.20. The van der Waals surface area contributed by atoms with Crippen molar-refractivity contribution in [1.82, 2.24) is 25.1 Å². The molecular weight excluding hydrogens is 294 g/mol. The number of nitrogens with one attached hydrogen (secondary N) is 2. The van der Waals surface area contributed by atoms with Gasteiger partial charge < -0.3 is 14.6 Å². The van der Waals surface area contributed by atoms with Crippen LogP contribution < -0.4 is 5.32 Å². The van der Waals surface area contributed by atoms with Crippen LogP contribution in [0.15, 0.2) is 12.4 Å². The van der Waals surface area contributed by atoms with Gasteiger partial charge in [-0.3, -0.25) is 9.89 Å². The Kier molecular flexibility index (Phi) is 3.65. The topological polar surface area (TPSA) is 84.8 Å². The second-order valence-electron chi connectivity index (χ2n) is 6.11. The average molecular weight is 315 g/mol. The second kappa shape index (κ2) is 5.81. The van der Waals surface area contributed by atoms with Crippen molar-refractivity contribution in [2.75, 3.05) is 6.61 Å². The van der Waals surface area contributed by atoms with Gasteiger partial charge >= 0.3 is 0 Å². The van der Waals surface area contributed by atoms with Crippen molar-refractivity contribution in [3.8, 4) is 0 Å². The number of amides is 1. The Labute approximate surface area is 134 Å². The molecule has 2 aromatic rings. The SMILES string of the molecule is CCn1ccnc1[C@H]1OCC[C@@H]1NC(=O)c1n[nH]c2c1CCC2. The number of aromatic amines is 1. The lowest BCUT2D eigenvalue weighted by atomic mass is 10.1. The third-order valence-corrected chi connectivity index (χ3v) is 4.77. The number of rotatable bonds is 4. The van der Waals surface area contributed by atoms with Crippen LogP contribution >= 0.6 is 0 Å². The maximum absolute atomic E-state index is 12.6. The zero-order chi connectivity index (χ0) is 15.8. The quantitative estimate of drug-likeness (QED) is 0.892. The Morgan fingerprint density at radius 3 is 3.30 bits per heavy atom. The number of carbonyl (C=O) groups excluding carboxylic acids is 1. The highest BCUT2D eigenvalue weighted by Crippen LogP contribution is 2.29. The zero-order valence-electron chi connectivity index (χ0n) is 13.2. The Bertz CT molecular complexity index is 720. The molecule has 2 N–H and O–H groups in total. The fraction of sp³-hybridized carbons (Fsp3) is 0.562. The van der Waals surface area contributed by atoms with Crippen LogP contribution in [0.3, 0.4) is 0 Å². The van der Waals surface area contributed by atoms with Crippen molar-refractivity contribution >= 4 is 5.91 Å². The largest absolute Gasteiger partial charge is 0.368 e. The van der Waals surface area contributed by atoms with E-state index in [1.54, 1.807) is 6.20 Å². The molecule has 1 aliphatic carbocycles. The van der Waals surface area contributed by atoms with Crippen molar-refractivity contribution in [3.63, 3.8) is 0 Å². The molecule has 7 heteroatoms. The number of aryl methyl sites for hydroxylation is 2. The van der Waals surface area contributed by atoms with Gasteiger partial charge in [-0.15, -0.1) is 0 Å². The predicted octanol–water partition coefficient (Wildman–Crippen LogP) is 1.37. The first-order valence-corrected chi connectivity index (χ1v) is 8.27. The molecule has 23 heavy (non-hydrogen) atoms. The minimum absolute atomic E-state index is 0.0658. The molecule has 0 spiro atoms. The van der Waals surface area contributed by atoms with Gasteiger partial charge in [0.15, 0.2) is 5.69 Å². The van der Waals surface area contributed by atoms with E-state index in [9.17, 15) is 4.79 Å². The number of H-pyrrole nitrogens is 1. The highest BCUT2D eigenvalue weighted by molar-refractivity contribution is 5.94. The molecule has 2 aromatic heterocycles. The first-order chi connectivity index (χ1) is 11.3. The molecule has 1 amide bonds. The molecular formula is C16H21N5O2. The molecule has 0 saturated carbocycles. The molecule has 7 nitrogen and oxygen atoms in total. The summed E-state index contributed by atoms with van der Waals surface area (Å²) in [5, 5.41) is 10.3. The van der Waals surface area contributed by atoms with Gasteiger partial charge in [0, 0.05) is 36.8 Å². The molecule has 0 radical (unpaired) electrons.